The molecule has 5 nitrogen and oxygen atoms in total. The maximum Gasteiger partial charge on any atom is 0.414 e. The van der Waals surface area contributed by atoms with Crippen LogP contribution in [0.2, 0.25) is 0 Å². The van der Waals surface area contributed by atoms with E-state index in [1.807, 2.05) is 23.1 Å². The third-order valence-corrected chi connectivity index (χ3v) is 4.36. The van der Waals surface area contributed by atoms with E-state index in [0.29, 0.717) is 12.6 Å². The van der Waals surface area contributed by atoms with E-state index in [1.165, 1.54) is 0 Å². The number of nitrogens with zero attached hydrogens (tertiary/aromatic N) is 2. The van der Waals surface area contributed by atoms with Crippen LogP contribution in [-0.2, 0) is 11.3 Å². The Hall–Kier alpha value is -1.75. The first-order chi connectivity index (χ1) is 10.1. The monoisotopic (exact) mass is 290 g/mol. The smallest absolute Gasteiger partial charge is 0.414 e. The molecule has 1 aromatic carbocycles. The van der Waals surface area contributed by atoms with E-state index in [-0.39, 0.29) is 12.1 Å². The van der Waals surface area contributed by atoms with Gasteiger partial charge in [0.2, 0.25) is 0 Å². The van der Waals surface area contributed by atoms with Crippen molar-refractivity contribution in [1.29, 1.82) is 0 Å². The van der Waals surface area contributed by atoms with Crippen molar-refractivity contribution in [3.8, 4) is 5.75 Å². The number of anilines is 1. The van der Waals surface area contributed by atoms with Crippen molar-refractivity contribution in [2.75, 3.05) is 25.2 Å². The molecule has 0 aliphatic carbocycles. The summed E-state index contributed by atoms with van der Waals surface area (Å²) in [5, 5.41) is 0. The predicted octanol–water partition coefficient (Wildman–Crippen LogP) is 2.63. The number of cyclic esters (lactones) is 1. The molecule has 1 fully saturated rings. The summed E-state index contributed by atoms with van der Waals surface area (Å²) in [7, 11) is 1.66. The quantitative estimate of drug-likeness (QED) is 0.839. The number of hydrogen-bond acceptors (Lipinski definition) is 4. The van der Waals surface area contributed by atoms with Gasteiger partial charge >= 0.3 is 6.09 Å². The molecule has 1 atom stereocenters. The minimum absolute atomic E-state index is 0.131. The number of fused-ring (bicyclic) bond motifs is 3. The third-order valence-electron chi connectivity index (χ3n) is 4.36. The highest BCUT2D eigenvalue weighted by Crippen LogP contribution is 2.34. The van der Waals surface area contributed by atoms with Crippen LogP contribution in [0.25, 0.3) is 0 Å². The molecule has 114 valence electrons. The van der Waals surface area contributed by atoms with Crippen LogP contribution in [0.4, 0.5) is 10.5 Å². The van der Waals surface area contributed by atoms with Crippen LogP contribution in [0.5, 0.6) is 5.75 Å². The first-order valence-electron chi connectivity index (χ1n) is 7.47. The number of ether oxygens (including phenoxy) is 2. The van der Waals surface area contributed by atoms with Crippen LogP contribution in [-0.4, -0.2) is 43.3 Å². The maximum atomic E-state index is 12.1. The molecule has 1 saturated heterocycles. The summed E-state index contributed by atoms with van der Waals surface area (Å²) in [6.45, 7) is 6.67. The Morgan fingerprint density at radius 3 is 2.90 bits per heavy atom. The fraction of sp³-hybridized carbons (Fsp3) is 0.562. The molecule has 0 unspecified atom stereocenters. The summed E-state index contributed by atoms with van der Waals surface area (Å²) >= 11 is 0. The highest BCUT2D eigenvalue weighted by Gasteiger charge is 2.37. The number of rotatable bonds is 2. The summed E-state index contributed by atoms with van der Waals surface area (Å²) in [6.07, 6.45) is 0.708. The zero-order valence-electron chi connectivity index (χ0n) is 12.8. The normalized spacial score (nSPS) is 22.4. The zero-order chi connectivity index (χ0) is 15.0. The molecule has 0 spiro atoms. The van der Waals surface area contributed by atoms with E-state index in [4.69, 9.17) is 9.47 Å². The number of hydrogen-bond donors (Lipinski definition) is 0. The lowest BCUT2D eigenvalue weighted by atomic mass is 10.0. The Kier molecular flexibility index (Phi) is 3.76. The molecule has 1 aromatic rings. The van der Waals surface area contributed by atoms with Crippen molar-refractivity contribution in [2.45, 2.75) is 38.9 Å². The zero-order valence-corrected chi connectivity index (χ0v) is 12.8. The predicted molar refractivity (Wildman–Crippen MR) is 80.8 cm³/mol. The molecule has 3 rings (SSSR count). The van der Waals surface area contributed by atoms with Gasteiger partial charge in [0.25, 0.3) is 0 Å². The molecule has 0 N–H and O–H groups in total. The average molecular weight is 290 g/mol. The topological polar surface area (TPSA) is 42.0 Å². The van der Waals surface area contributed by atoms with Crippen molar-refractivity contribution in [3.05, 3.63) is 23.8 Å². The molecule has 2 heterocycles. The molecule has 0 saturated carbocycles. The lowest BCUT2D eigenvalue weighted by Gasteiger charge is -2.34. The Labute approximate surface area is 125 Å². The lowest BCUT2D eigenvalue weighted by molar-refractivity contribution is 0.175. The van der Waals surface area contributed by atoms with Crippen molar-refractivity contribution < 1.29 is 14.3 Å². The van der Waals surface area contributed by atoms with Crippen molar-refractivity contribution in [1.82, 2.24) is 4.90 Å². The van der Waals surface area contributed by atoms with Gasteiger partial charge < -0.3 is 9.47 Å². The Balaban J connectivity index is 2.04. The van der Waals surface area contributed by atoms with Crippen LogP contribution in [0.15, 0.2) is 18.2 Å². The van der Waals surface area contributed by atoms with E-state index < -0.39 is 0 Å². The second-order valence-electron chi connectivity index (χ2n) is 5.95. The standard InChI is InChI=1S/C16H22N2O3/c1-11(2)17-7-6-13-10-21-16(19)18(13)15-5-4-14(20-3)8-12(15)9-17/h4-5,8,11,13H,6-7,9-10H2,1-3H3/t13-/m0/s1. The molecule has 2 aliphatic rings. The van der Waals surface area contributed by atoms with Crippen LogP contribution in [0.1, 0.15) is 25.8 Å². The number of methoxy groups -OCH3 is 1. The van der Waals surface area contributed by atoms with Gasteiger partial charge in [0.1, 0.15) is 12.4 Å². The fourth-order valence-electron chi connectivity index (χ4n) is 3.07. The van der Waals surface area contributed by atoms with Gasteiger partial charge in [-0.1, -0.05) is 0 Å². The second kappa shape index (κ2) is 5.56. The van der Waals surface area contributed by atoms with Gasteiger partial charge in [0.05, 0.1) is 18.8 Å². The van der Waals surface area contributed by atoms with Gasteiger partial charge in [-0.2, -0.15) is 0 Å². The van der Waals surface area contributed by atoms with Gasteiger partial charge in [-0.15, -0.1) is 0 Å². The molecule has 5 heteroatoms. The first-order valence-corrected chi connectivity index (χ1v) is 7.47. The van der Waals surface area contributed by atoms with Crippen molar-refractivity contribution in [3.63, 3.8) is 0 Å². The van der Waals surface area contributed by atoms with Gasteiger partial charge in [0.15, 0.2) is 0 Å². The SMILES string of the molecule is COc1ccc2c(c1)CN(C(C)C)CC[C@H]1COC(=O)N21. The molecular formula is C16H22N2O3. The van der Waals surface area contributed by atoms with Crippen molar-refractivity contribution >= 4 is 11.8 Å². The van der Waals surface area contributed by atoms with Gasteiger partial charge in [-0.05, 0) is 44.0 Å². The number of amides is 1. The number of carbonyl (C=O) groups excluding carboxylic acids is 1. The number of carbonyl (C=O) groups is 1. The summed E-state index contributed by atoms with van der Waals surface area (Å²) in [5.41, 5.74) is 2.07. The van der Waals surface area contributed by atoms with E-state index in [9.17, 15) is 4.79 Å². The third kappa shape index (κ3) is 2.58. The van der Waals surface area contributed by atoms with E-state index in [0.717, 1.165) is 36.5 Å². The van der Waals surface area contributed by atoms with E-state index in [1.54, 1.807) is 7.11 Å². The van der Waals surface area contributed by atoms with Gasteiger partial charge in [0, 0.05) is 19.1 Å². The fourth-order valence-corrected chi connectivity index (χ4v) is 3.07. The molecule has 0 bridgehead atoms. The van der Waals surface area contributed by atoms with E-state index >= 15 is 0 Å². The minimum atomic E-state index is -0.232. The number of benzene rings is 1. The summed E-state index contributed by atoms with van der Waals surface area (Å²) in [5.74, 6) is 0.821. The lowest BCUT2D eigenvalue weighted by Crippen LogP contribution is -2.42. The Bertz CT molecular complexity index is 544. The van der Waals surface area contributed by atoms with Gasteiger partial charge in [-0.25, -0.2) is 4.79 Å². The highest BCUT2D eigenvalue weighted by molar-refractivity contribution is 5.91. The highest BCUT2D eigenvalue weighted by atomic mass is 16.6. The molecular weight excluding hydrogens is 268 g/mol. The molecule has 0 aromatic heterocycles. The summed E-state index contributed by atoms with van der Waals surface area (Å²) < 4.78 is 10.6. The van der Waals surface area contributed by atoms with E-state index in [2.05, 4.69) is 18.7 Å². The summed E-state index contributed by atoms with van der Waals surface area (Å²) in [4.78, 5) is 16.3. The van der Waals surface area contributed by atoms with Crippen LogP contribution >= 0.6 is 0 Å². The molecule has 21 heavy (non-hydrogen) atoms. The van der Waals surface area contributed by atoms with Crippen LogP contribution in [0.3, 0.4) is 0 Å². The first kappa shape index (κ1) is 14.2. The Morgan fingerprint density at radius 2 is 2.19 bits per heavy atom. The summed E-state index contributed by atoms with van der Waals surface area (Å²) in [6, 6.07) is 6.50. The molecule has 2 aliphatic heterocycles. The van der Waals surface area contributed by atoms with Crippen LogP contribution in [0, 0.1) is 0 Å². The second-order valence-corrected chi connectivity index (χ2v) is 5.95. The Morgan fingerprint density at radius 1 is 1.38 bits per heavy atom. The van der Waals surface area contributed by atoms with Crippen LogP contribution < -0.4 is 9.64 Å². The largest absolute Gasteiger partial charge is 0.497 e. The average Bonchev–Trinajstić information content (AvgIpc) is 2.80. The maximum absolute atomic E-state index is 12.1. The molecule has 1 amide bonds. The molecule has 0 radical (unpaired) electrons. The minimum Gasteiger partial charge on any atom is -0.497 e. The van der Waals surface area contributed by atoms with Gasteiger partial charge in [-0.3, -0.25) is 9.80 Å². The van der Waals surface area contributed by atoms with Crippen molar-refractivity contribution in [2.24, 2.45) is 0 Å².